The van der Waals surface area contributed by atoms with E-state index < -0.39 is 11.8 Å². The maximum Gasteiger partial charge on any atom is 0.323 e. The van der Waals surface area contributed by atoms with E-state index in [1.54, 1.807) is 18.2 Å². The van der Waals surface area contributed by atoms with E-state index in [2.05, 4.69) is 26.6 Å². The number of carbonyl (C=O) groups is 1. The molecule has 0 bridgehead atoms. The Morgan fingerprint density at radius 2 is 1.79 bits per heavy atom. The minimum absolute atomic E-state index is 0.0414. The van der Waals surface area contributed by atoms with Crippen LogP contribution in [-0.4, -0.2) is 6.03 Å². The van der Waals surface area contributed by atoms with Crippen molar-refractivity contribution in [3.8, 4) is 0 Å². The summed E-state index contributed by atoms with van der Waals surface area (Å²) >= 11 is 8.93. The van der Waals surface area contributed by atoms with Crippen LogP contribution in [0.25, 0.3) is 0 Å². The van der Waals surface area contributed by atoms with Gasteiger partial charge in [0, 0.05) is 15.8 Å². The van der Waals surface area contributed by atoms with Crippen LogP contribution in [0.15, 0.2) is 46.9 Å². The van der Waals surface area contributed by atoms with Crippen LogP contribution in [0.1, 0.15) is 0 Å². The molecule has 2 rings (SSSR count). The van der Waals surface area contributed by atoms with E-state index in [0.29, 0.717) is 11.4 Å². The first-order valence-electron chi connectivity index (χ1n) is 5.33. The van der Waals surface area contributed by atoms with Gasteiger partial charge in [-0.15, -0.1) is 0 Å². The predicted octanol–water partition coefficient (Wildman–Crippen LogP) is 4.89. The Bertz CT molecular complexity index is 621. The van der Waals surface area contributed by atoms with E-state index in [1.807, 2.05) is 6.07 Å². The lowest BCUT2D eigenvalue weighted by Gasteiger charge is -2.08. The molecule has 0 fully saturated rings. The predicted molar refractivity (Wildman–Crippen MR) is 78.2 cm³/mol. The van der Waals surface area contributed by atoms with Gasteiger partial charge >= 0.3 is 6.03 Å². The van der Waals surface area contributed by atoms with Gasteiger partial charge in [-0.2, -0.15) is 0 Å². The summed E-state index contributed by atoms with van der Waals surface area (Å²) in [7, 11) is 0. The van der Waals surface area contributed by atoms with E-state index in [-0.39, 0.29) is 5.02 Å². The second-order valence-corrected chi connectivity index (χ2v) is 5.04. The number of anilines is 2. The number of hydrogen-bond donors (Lipinski definition) is 2. The summed E-state index contributed by atoms with van der Waals surface area (Å²) in [6, 6.07) is 10.7. The number of benzene rings is 2. The van der Waals surface area contributed by atoms with Gasteiger partial charge in [0.05, 0.1) is 5.02 Å². The molecule has 0 saturated heterocycles. The highest BCUT2D eigenvalue weighted by Gasteiger charge is 2.05. The SMILES string of the molecule is O=C(Nc1cccc(Br)c1)Nc1ccc(F)c(Cl)c1. The molecule has 0 saturated carbocycles. The summed E-state index contributed by atoms with van der Waals surface area (Å²) in [5.41, 5.74) is 1.05. The van der Waals surface area contributed by atoms with Crippen LogP contribution >= 0.6 is 27.5 Å². The summed E-state index contributed by atoms with van der Waals surface area (Å²) < 4.78 is 13.8. The number of halogens is 3. The van der Waals surface area contributed by atoms with Crippen molar-refractivity contribution in [1.82, 2.24) is 0 Å². The Morgan fingerprint density at radius 3 is 2.42 bits per heavy atom. The maximum atomic E-state index is 13.0. The highest BCUT2D eigenvalue weighted by atomic mass is 79.9. The van der Waals surface area contributed by atoms with Crippen molar-refractivity contribution in [2.24, 2.45) is 0 Å². The zero-order valence-electron chi connectivity index (χ0n) is 9.58. The number of amides is 2. The molecule has 0 aliphatic heterocycles. The molecule has 3 nitrogen and oxygen atoms in total. The molecule has 98 valence electrons. The average Bonchev–Trinajstić information content (AvgIpc) is 2.34. The molecule has 0 aromatic heterocycles. The molecular formula is C13H9BrClFN2O. The van der Waals surface area contributed by atoms with Gasteiger partial charge in [0.15, 0.2) is 0 Å². The number of carbonyl (C=O) groups excluding carboxylic acids is 1. The smallest absolute Gasteiger partial charge is 0.308 e. The molecule has 19 heavy (non-hydrogen) atoms. The Kier molecular flexibility index (Phi) is 4.39. The molecule has 2 amide bonds. The van der Waals surface area contributed by atoms with Crippen molar-refractivity contribution in [3.05, 3.63) is 57.8 Å². The first kappa shape index (κ1) is 13.8. The maximum absolute atomic E-state index is 13.0. The molecule has 6 heteroatoms. The standard InChI is InChI=1S/C13H9BrClFN2O/c14-8-2-1-3-9(6-8)17-13(19)18-10-4-5-12(16)11(15)7-10/h1-7H,(H2,17,18,19). The molecule has 2 aromatic rings. The minimum Gasteiger partial charge on any atom is -0.308 e. The molecule has 0 aliphatic carbocycles. The van der Waals surface area contributed by atoms with Crippen molar-refractivity contribution >= 4 is 44.9 Å². The van der Waals surface area contributed by atoms with Gasteiger partial charge in [-0.05, 0) is 36.4 Å². The summed E-state index contributed by atoms with van der Waals surface area (Å²) in [4.78, 5) is 11.7. The first-order valence-corrected chi connectivity index (χ1v) is 6.50. The van der Waals surface area contributed by atoms with Gasteiger partial charge in [-0.1, -0.05) is 33.6 Å². The minimum atomic E-state index is -0.528. The van der Waals surface area contributed by atoms with Crippen LogP contribution in [-0.2, 0) is 0 Å². The van der Waals surface area contributed by atoms with Gasteiger partial charge in [-0.25, -0.2) is 9.18 Å². The quantitative estimate of drug-likeness (QED) is 0.801. The first-order chi connectivity index (χ1) is 9.04. The Hall–Kier alpha value is -1.59. The third-order valence-electron chi connectivity index (χ3n) is 2.26. The van der Waals surface area contributed by atoms with Gasteiger partial charge in [0.25, 0.3) is 0 Å². The fraction of sp³-hybridized carbons (Fsp3) is 0. The van der Waals surface area contributed by atoms with Gasteiger partial charge < -0.3 is 10.6 Å². The lowest BCUT2D eigenvalue weighted by atomic mass is 10.3. The zero-order chi connectivity index (χ0) is 13.8. The normalized spacial score (nSPS) is 10.1. The van der Waals surface area contributed by atoms with Crippen LogP contribution in [0, 0.1) is 5.82 Å². The molecule has 0 spiro atoms. The van der Waals surface area contributed by atoms with Crippen molar-refractivity contribution in [2.45, 2.75) is 0 Å². The molecule has 0 aliphatic rings. The number of urea groups is 1. The highest BCUT2D eigenvalue weighted by molar-refractivity contribution is 9.10. The third kappa shape index (κ3) is 3.94. The van der Waals surface area contributed by atoms with E-state index in [1.165, 1.54) is 18.2 Å². The summed E-state index contributed by atoms with van der Waals surface area (Å²) in [5.74, 6) is -0.528. The lowest BCUT2D eigenvalue weighted by Crippen LogP contribution is -2.19. The lowest BCUT2D eigenvalue weighted by molar-refractivity contribution is 0.262. The summed E-state index contributed by atoms with van der Waals surface area (Å²) in [6.45, 7) is 0. The van der Waals surface area contributed by atoms with Crippen LogP contribution < -0.4 is 10.6 Å². The average molecular weight is 344 g/mol. The fourth-order valence-electron chi connectivity index (χ4n) is 1.43. The molecule has 0 heterocycles. The van der Waals surface area contributed by atoms with E-state index in [0.717, 1.165) is 4.47 Å². The fourth-order valence-corrected chi connectivity index (χ4v) is 2.01. The van der Waals surface area contributed by atoms with Gasteiger partial charge in [0.2, 0.25) is 0 Å². The van der Waals surface area contributed by atoms with Gasteiger partial charge in [0.1, 0.15) is 5.82 Å². The third-order valence-corrected chi connectivity index (χ3v) is 3.04. The largest absolute Gasteiger partial charge is 0.323 e. The second kappa shape index (κ2) is 6.04. The second-order valence-electron chi connectivity index (χ2n) is 3.72. The topological polar surface area (TPSA) is 41.1 Å². The highest BCUT2D eigenvalue weighted by Crippen LogP contribution is 2.20. The van der Waals surface area contributed by atoms with Crippen LogP contribution in [0.5, 0.6) is 0 Å². The number of rotatable bonds is 2. The Balaban J connectivity index is 2.03. The van der Waals surface area contributed by atoms with Crippen molar-refractivity contribution < 1.29 is 9.18 Å². The summed E-state index contributed by atoms with van der Waals surface area (Å²) in [5, 5.41) is 5.17. The molecule has 0 radical (unpaired) electrons. The van der Waals surface area contributed by atoms with Gasteiger partial charge in [-0.3, -0.25) is 0 Å². The number of nitrogens with one attached hydrogen (secondary N) is 2. The Labute approximate surface area is 122 Å². The molecule has 2 N–H and O–H groups in total. The zero-order valence-corrected chi connectivity index (χ0v) is 11.9. The van der Waals surface area contributed by atoms with Crippen molar-refractivity contribution in [3.63, 3.8) is 0 Å². The van der Waals surface area contributed by atoms with E-state index in [9.17, 15) is 9.18 Å². The molecular weight excluding hydrogens is 335 g/mol. The molecule has 0 unspecified atom stereocenters. The van der Waals surface area contributed by atoms with Crippen molar-refractivity contribution in [2.75, 3.05) is 10.6 Å². The molecule has 2 aromatic carbocycles. The summed E-state index contributed by atoms with van der Waals surface area (Å²) in [6.07, 6.45) is 0. The monoisotopic (exact) mass is 342 g/mol. The van der Waals surface area contributed by atoms with Crippen LogP contribution in [0.3, 0.4) is 0 Å². The van der Waals surface area contributed by atoms with Crippen molar-refractivity contribution in [1.29, 1.82) is 0 Å². The van der Waals surface area contributed by atoms with Crippen LogP contribution in [0.4, 0.5) is 20.6 Å². The molecule has 0 atom stereocenters. The van der Waals surface area contributed by atoms with E-state index >= 15 is 0 Å². The van der Waals surface area contributed by atoms with E-state index in [4.69, 9.17) is 11.6 Å². The number of hydrogen-bond acceptors (Lipinski definition) is 1. The Morgan fingerprint density at radius 1 is 1.11 bits per heavy atom. The van der Waals surface area contributed by atoms with Crippen LogP contribution in [0.2, 0.25) is 5.02 Å².